The number of hydrogen-bond donors (Lipinski definition) is 1. The number of aliphatic imine (C=N–C) groups is 1. The second kappa shape index (κ2) is 8.12. The summed E-state index contributed by atoms with van der Waals surface area (Å²) in [5.74, 6) is 0.942. The average Bonchev–Trinajstić information content (AvgIpc) is 2.44. The lowest BCUT2D eigenvalue weighted by Crippen LogP contribution is -2.57. The number of nitrogens with one attached hydrogen (secondary N) is 1. The van der Waals surface area contributed by atoms with E-state index in [1.165, 1.54) is 0 Å². The van der Waals surface area contributed by atoms with Crippen LogP contribution >= 0.6 is 0 Å². The molecule has 7 nitrogen and oxygen atoms in total. The van der Waals surface area contributed by atoms with E-state index < -0.39 is 14.6 Å². The molecule has 1 N–H and O–H groups in total. The Morgan fingerprint density at radius 1 is 1.41 bits per heavy atom. The molecular formula is C14H30N4O3S. The Morgan fingerprint density at radius 3 is 2.64 bits per heavy atom. The molecule has 0 unspecified atom stereocenters. The highest BCUT2D eigenvalue weighted by Gasteiger charge is 2.40. The summed E-state index contributed by atoms with van der Waals surface area (Å²) in [6, 6.07) is 0. The number of methoxy groups -OCH3 is 1. The highest BCUT2D eigenvalue weighted by Crippen LogP contribution is 2.23. The zero-order valence-electron chi connectivity index (χ0n) is 14.4. The maximum atomic E-state index is 12.1. The van der Waals surface area contributed by atoms with Gasteiger partial charge in [0.15, 0.2) is 15.8 Å². The van der Waals surface area contributed by atoms with Crippen molar-refractivity contribution in [3.8, 4) is 0 Å². The minimum atomic E-state index is -3.03. The molecule has 0 spiro atoms. The third-order valence-corrected chi connectivity index (χ3v) is 6.54. The monoisotopic (exact) mass is 334 g/mol. The van der Waals surface area contributed by atoms with Gasteiger partial charge in [0, 0.05) is 46.9 Å². The molecule has 1 aliphatic heterocycles. The first-order chi connectivity index (χ1) is 10.2. The number of sulfone groups is 1. The summed E-state index contributed by atoms with van der Waals surface area (Å²) in [5, 5.41) is 3.31. The van der Waals surface area contributed by atoms with Gasteiger partial charge in [-0.1, -0.05) is 0 Å². The number of hydrogen-bond acceptors (Lipinski definition) is 5. The van der Waals surface area contributed by atoms with Crippen molar-refractivity contribution in [3.05, 3.63) is 0 Å². The summed E-state index contributed by atoms with van der Waals surface area (Å²) in [7, 11) is 2.44. The highest BCUT2D eigenvalue weighted by molar-refractivity contribution is 7.92. The van der Waals surface area contributed by atoms with Crippen molar-refractivity contribution in [2.75, 3.05) is 66.3 Å². The number of ether oxygens (including phenoxy) is 1. The SMILES string of the molecule is CN=C(NCCN(C)CCOC)N1CCS(=O)(=O)C(C)(C)C1. The summed E-state index contributed by atoms with van der Waals surface area (Å²) in [5.41, 5.74) is 0. The molecule has 1 saturated heterocycles. The molecule has 0 aromatic rings. The van der Waals surface area contributed by atoms with Crippen LogP contribution < -0.4 is 5.32 Å². The largest absolute Gasteiger partial charge is 0.383 e. The van der Waals surface area contributed by atoms with Gasteiger partial charge in [-0.25, -0.2) is 8.42 Å². The molecule has 130 valence electrons. The van der Waals surface area contributed by atoms with E-state index in [1.54, 1.807) is 28.0 Å². The molecule has 22 heavy (non-hydrogen) atoms. The molecule has 0 saturated carbocycles. The van der Waals surface area contributed by atoms with Gasteiger partial charge in [-0.15, -0.1) is 0 Å². The lowest BCUT2D eigenvalue weighted by Gasteiger charge is -2.39. The van der Waals surface area contributed by atoms with Crippen molar-refractivity contribution in [3.63, 3.8) is 0 Å². The number of rotatable bonds is 6. The first kappa shape index (κ1) is 19.2. The van der Waals surface area contributed by atoms with E-state index in [4.69, 9.17) is 4.74 Å². The summed E-state index contributed by atoms with van der Waals surface area (Å²) < 4.78 is 28.4. The second-order valence-corrected chi connectivity index (χ2v) is 9.01. The third-order valence-electron chi connectivity index (χ3n) is 4.01. The van der Waals surface area contributed by atoms with Gasteiger partial charge in [-0.3, -0.25) is 4.99 Å². The minimum absolute atomic E-state index is 0.175. The second-order valence-electron chi connectivity index (χ2n) is 6.27. The van der Waals surface area contributed by atoms with E-state index in [0.717, 1.165) is 25.6 Å². The predicted molar refractivity (Wildman–Crippen MR) is 90.2 cm³/mol. The molecule has 1 heterocycles. The van der Waals surface area contributed by atoms with E-state index in [-0.39, 0.29) is 5.75 Å². The lowest BCUT2D eigenvalue weighted by molar-refractivity contribution is 0.162. The molecule has 0 atom stereocenters. The standard InChI is InChI=1S/C14H30N4O3S/c1-14(2)12-18(9-11-22(14,19)20)13(15-3)16-6-7-17(4)8-10-21-5/h6-12H2,1-5H3,(H,15,16). The van der Waals surface area contributed by atoms with Gasteiger partial charge >= 0.3 is 0 Å². The Balaban J connectivity index is 2.49. The van der Waals surface area contributed by atoms with Gasteiger partial charge in [-0.2, -0.15) is 0 Å². The van der Waals surface area contributed by atoms with Crippen LogP contribution in [0.1, 0.15) is 13.8 Å². The Kier molecular flexibility index (Phi) is 7.08. The number of guanidine groups is 1. The molecule has 0 aliphatic carbocycles. The van der Waals surface area contributed by atoms with Crippen LogP contribution in [0.3, 0.4) is 0 Å². The van der Waals surface area contributed by atoms with Gasteiger partial charge in [-0.05, 0) is 20.9 Å². The summed E-state index contributed by atoms with van der Waals surface area (Å²) in [6.07, 6.45) is 0. The fraction of sp³-hybridized carbons (Fsp3) is 0.929. The fourth-order valence-electron chi connectivity index (χ4n) is 2.37. The molecular weight excluding hydrogens is 304 g/mol. The van der Waals surface area contributed by atoms with Gasteiger partial charge in [0.2, 0.25) is 0 Å². The summed E-state index contributed by atoms with van der Waals surface area (Å²) in [4.78, 5) is 8.48. The maximum absolute atomic E-state index is 12.1. The van der Waals surface area contributed by atoms with Gasteiger partial charge in [0.05, 0.1) is 17.1 Å². The van der Waals surface area contributed by atoms with Crippen molar-refractivity contribution in [2.45, 2.75) is 18.6 Å². The van der Waals surface area contributed by atoms with Crippen LogP contribution in [0, 0.1) is 0 Å². The Labute approximate surface area is 134 Å². The van der Waals surface area contributed by atoms with Crippen molar-refractivity contribution in [2.24, 2.45) is 4.99 Å². The Hall–Kier alpha value is -0.860. The van der Waals surface area contributed by atoms with Gasteiger partial charge in [0.25, 0.3) is 0 Å². The molecule has 0 aromatic heterocycles. The molecule has 1 fully saturated rings. The number of nitrogens with zero attached hydrogens (tertiary/aromatic N) is 3. The molecule has 1 rings (SSSR count). The van der Waals surface area contributed by atoms with E-state index >= 15 is 0 Å². The Morgan fingerprint density at radius 2 is 2.09 bits per heavy atom. The normalized spacial score (nSPS) is 21.2. The van der Waals surface area contributed by atoms with Gasteiger partial charge < -0.3 is 19.9 Å². The topological polar surface area (TPSA) is 74.2 Å². The number of likely N-dealkylation sites (N-methyl/N-ethyl adjacent to an activating group) is 1. The first-order valence-corrected chi connectivity index (χ1v) is 9.24. The smallest absolute Gasteiger partial charge is 0.193 e. The maximum Gasteiger partial charge on any atom is 0.193 e. The summed E-state index contributed by atoms with van der Waals surface area (Å²) in [6.45, 7) is 7.74. The van der Waals surface area contributed by atoms with Crippen molar-refractivity contribution < 1.29 is 13.2 Å². The molecule has 1 aliphatic rings. The fourth-order valence-corrected chi connectivity index (χ4v) is 3.74. The first-order valence-electron chi connectivity index (χ1n) is 7.59. The summed E-state index contributed by atoms with van der Waals surface area (Å²) >= 11 is 0. The molecule has 0 amide bonds. The van der Waals surface area contributed by atoms with E-state index in [1.807, 2.05) is 11.9 Å². The van der Waals surface area contributed by atoms with Crippen LogP contribution in [0.5, 0.6) is 0 Å². The Bertz CT molecular complexity index is 476. The lowest BCUT2D eigenvalue weighted by atomic mass is 10.2. The van der Waals surface area contributed by atoms with E-state index in [9.17, 15) is 8.42 Å². The predicted octanol–water partition coefficient (Wildman–Crippen LogP) is -0.351. The third kappa shape index (κ3) is 5.10. The zero-order chi connectivity index (χ0) is 16.8. The van der Waals surface area contributed by atoms with Crippen LogP contribution in [0.25, 0.3) is 0 Å². The van der Waals surface area contributed by atoms with Crippen LogP contribution in [0.15, 0.2) is 4.99 Å². The van der Waals surface area contributed by atoms with Crippen molar-refractivity contribution in [1.82, 2.24) is 15.1 Å². The van der Waals surface area contributed by atoms with E-state index in [0.29, 0.717) is 19.7 Å². The zero-order valence-corrected chi connectivity index (χ0v) is 15.2. The minimum Gasteiger partial charge on any atom is -0.383 e. The molecule has 8 heteroatoms. The molecule has 0 aromatic carbocycles. The van der Waals surface area contributed by atoms with Crippen molar-refractivity contribution in [1.29, 1.82) is 0 Å². The van der Waals surface area contributed by atoms with Crippen LogP contribution in [0.4, 0.5) is 0 Å². The van der Waals surface area contributed by atoms with Gasteiger partial charge in [0.1, 0.15) is 0 Å². The van der Waals surface area contributed by atoms with Crippen LogP contribution in [-0.2, 0) is 14.6 Å². The van der Waals surface area contributed by atoms with Crippen LogP contribution in [-0.4, -0.2) is 95.2 Å². The average molecular weight is 334 g/mol. The van der Waals surface area contributed by atoms with Crippen LogP contribution in [0.2, 0.25) is 0 Å². The quantitative estimate of drug-likeness (QED) is 0.529. The molecule has 0 radical (unpaired) electrons. The van der Waals surface area contributed by atoms with E-state index in [2.05, 4.69) is 15.2 Å². The highest BCUT2D eigenvalue weighted by atomic mass is 32.2. The van der Waals surface area contributed by atoms with Crippen molar-refractivity contribution >= 4 is 15.8 Å². The molecule has 0 bridgehead atoms.